The lowest BCUT2D eigenvalue weighted by Crippen LogP contribution is -2.70. The number of thioether (sulfide) groups is 1. The molecule has 4 aromatic rings. The monoisotopic (exact) mass is 949 g/mol. The van der Waals surface area contributed by atoms with Crippen LogP contribution in [0.2, 0.25) is 0 Å². The summed E-state index contributed by atoms with van der Waals surface area (Å²) in [6, 6.07) is 26.0. The van der Waals surface area contributed by atoms with Crippen molar-refractivity contribution in [2.24, 2.45) is 22.9 Å². The predicted molar refractivity (Wildman–Crippen MR) is 256 cm³/mol. The maximum absolute atomic E-state index is 15.1. The molecule has 0 saturated heterocycles. The molecule has 2 heterocycles. The number of nitrogens with zero attached hydrogens (tertiary/aromatic N) is 3. The van der Waals surface area contributed by atoms with Crippen LogP contribution in [0.5, 0.6) is 28.7 Å². The predicted octanol–water partition coefficient (Wildman–Crippen LogP) is 9.85. The third-order valence-corrected chi connectivity index (χ3v) is 13.9. The molecule has 0 radical (unpaired) electrons. The van der Waals surface area contributed by atoms with Crippen LogP contribution in [0.1, 0.15) is 68.9 Å². The average molecular weight is 950 g/mol. The Balaban J connectivity index is 1.28. The molecular formula is C52H59N3O12S. The van der Waals surface area contributed by atoms with Crippen molar-refractivity contribution in [2.75, 3.05) is 45.6 Å². The summed E-state index contributed by atoms with van der Waals surface area (Å²) in [5.41, 5.74) is 3.00. The zero-order valence-corrected chi connectivity index (χ0v) is 39.1. The molecule has 0 spiro atoms. The number of fused-ring (bicyclic) bond motifs is 3. The Kier molecular flexibility index (Phi) is 16.2. The second kappa shape index (κ2) is 22.8. The quantitative estimate of drug-likeness (QED) is 0.0236. The van der Waals surface area contributed by atoms with Crippen LogP contribution < -0.4 is 23.7 Å². The smallest absolute Gasteiger partial charge is 0.416 e. The molecule has 1 fully saturated rings. The normalized spacial score (nSPS) is 22.5. The number of rotatable bonds is 23. The van der Waals surface area contributed by atoms with E-state index in [1.165, 1.54) is 24.3 Å². The Hall–Kier alpha value is -6.07. The van der Waals surface area contributed by atoms with Gasteiger partial charge >= 0.3 is 6.09 Å². The molecule has 1 saturated carbocycles. The summed E-state index contributed by atoms with van der Waals surface area (Å²) in [6.45, 7) is 6.92. The minimum Gasteiger partial charge on any atom is -0.493 e. The molecule has 68 heavy (non-hydrogen) atoms. The van der Waals surface area contributed by atoms with Crippen LogP contribution in [-0.2, 0) is 16.1 Å². The fourth-order valence-electron chi connectivity index (χ4n) is 10.0. The van der Waals surface area contributed by atoms with Crippen molar-refractivity contribution < 1.29 is 53.2 Å². The van der Waals surface area contributed by atoms with E-state index in [9.17, 15) is 20.3 Å². The number of nitro benzene ring substituents is 1. The third-order valence-electron chi connectivity index (χ3n) is 13.0. The number of aliphatic hydroxyl groups is 2. The number of unbranched alkanes of at least 4 members (excludes halogenated alkanes) is 2. The summed E-state index contributed by atoms with van der Waals surface area (Å²) in [5, 5.41) is 36.3. The average Bonchev–Trinajstić information content (AvgIpc) is 3.83. The van der Waals surface area contributed by atoms with E-state index in [2.05, 4.69) is 30.9 Å². The number of aliphatic hydroxyl groups excluding tert-OH is 2. The molecule has 2 aliphatic heterocycles. The number of carbonyl (C=O) groups is 1. The molecule has 4 aliphatic rings. The van der Waals surface area contributed by atoms with Gasteiger partial charge in [0.2, 0.25) is 12.6 Å². The molecule has 0 unspecified atom stereocenters. The number of carbonyl (C=O) groups excluding carboxylic acids is 1. The Morgan fingerprint density at radius 2 is 1.71 bits per heavy atom. The number of allylic oxidation sites excluding steroid dienone is 1. The molecule has 16 heteroatoms. The summed E-state index contributed by atoms with van der Waals surface area (Å²) in [6.07, 6.45) is 7.69. The van der Waals surface area contributed by atoms with Gasteiger partial charge in [-0.1, -0.05) is 54.4 Å². The van der Waals surface area contributed by atoms with E-state index in [-0.39, 0.29) is 68.8 Å². The summed E-state index contributed by atoms with van der Waals surface area (Å²) >= 11 is 1.72. The zero-order chi connectivity index (χ0) is 47.5. The van der Waals surface area contributed by atoms with Gasteiger partial charge in [0, 0.05) is 60.4 Å². The fourth-order valence-corrected chi connectivity index (χ4v) is 10.8. The maximum Gasteiger partial charge on any atom is 0.416 e. The highest BCUT2D eigenvalue weighted by atomic mass is 32.2. The molecule has 8 rings (SSSR count). The Morgan fingerprint density at radius 1 is 0.956 bits per heavy atom. The van der Waals surface area contributed by atoms with Gasteiger partial charge in [-0.3, -0.25) is 15.0 Å². The van der Waals surface area contributed by atoms with Crippen LogP contribution in [0.15, 0.2) is 125 Å². The molecule has 2 N–H and O–H groups in total. The highest BCUT2D eigenvalue weighted by Gasteiger charge is 2.66. The second-order valence-corrected chi connectivity index (χ2v) is 18.3. The van der Waals surface area contributed by atoms with Gasteiger partial charge in [0.25, 0.3) is 5.69 Å². The van der Waals surface area contributed by atoms with Gasteiger partial charge in [-0.15, -0.1) is 18.3 Å². The number of ether oxygens (including phenoxy) is 6. The largest absolute Gasteiger partial charge is 0.493 e. The van der Waals surface area contributed by atoms with Gasteiger partial charge in [-0.05, 0) is 110 Å². The fraction of sp³-hybridized carbons (Fsp3) is 0.423. The second-order valence-electron chi connectivity index (χ2n) is 17.1. The van der Waals surface area contributed by atoms with Crippen molar-refractivity contribution in [3.8, 4) is 28.7 Å². The zero-order valence-electron chi connectivity index (χ0n) is 38.2. The van der Waals surface area contributed by atoms with Crippen LogP contribution in [0.25, 0.3) is 0 Å². The number of hydrogen-bond donors (Lipinski definition) is 2. The summed E-state index contributed by atoms with van der Waals surface area (Å²) in [5.74, 6) is 0.809. The van der Waals surface area contributed by atoms with E-state index in [0.29, 0.717) is 60.3 Å². The van der Waals surface area contributed by atoms with E-state index in [4.69, 9.17) is 38.4 Å². The van der Waals surface area contributed by atoms with Crippen molar-refractivity contribution in [3.05, 3.63) is 137 Å². The van der Waals surface area contributed by atoms with Crippen molar-refractivity contribution in [1.82, 2.24) is 4.90 Å². The van der Waals surface area contributed by atoms with Crippen LogP contribution in [0.4, 0.5) is 10.5 Å². The lowest BCUT2D eigenvalue weighted by atomic mass is 9.55. The number of benzene rings is 4. The molecule has 1 amide bonds. The highest BCUT2D eigenvalue weighted by Crippen LogP contribution is 2.62. The maximum atomic E-state index is 15.1. The van der Waals surface area contributed by atoms with Crippen LogP contribution in [-0.4, -0.2) is 89.3 Å². The minimum atomic E-state index is -1.58. The van der Waals surface area contributed by atoms with E-state index < -0.39 is 28.8 Å². The third kappa shape index (κ3) is 10.8. The van der Waals surface area contributed by atoms with Crippen molar-refractivity contribution in [3.63, 3.8) is 0 Å². The molecule has 15 nitrogen and oxygen atoms in total. The first-order valence-corrected chi connectivity index (χ1v) is 24.4. The molecule has 360 valence electrons. The van der Waals surface area contributed by atoms with Crippen LogP contribution >= 0.6 is 11.8 Å². The minimum absolute atomic E-state index is 0.00162. The molecule has 0 aromatic heterocycles. The standard InChI is InChI=1S/C52H59N3O12S/c1-3-26-64-52-48(54(33-35-16-22-46-47(29-35)63-34-62-46)51(58)66-38-19-17-37(18-20-38)55(59)60)32-44(53-65-4-2)42-30-36(12-8-10-24-56)41(15-9-11-25-57)49(50(42)52)43-31-39(21-23-45(43)67-52)61-27-28-68-40-13-6-5-7-14-40/h3,5-7,13-14,16-23,29-31,36,41,48-50,56-57H,1,4,8-12,15,24-28,32-34H2,2H3/t36-,41+,48-,49+,50+,52+/m0/s1. The van der Waals surface area contributed by atoms with Gasteiger partial charge in [-0.25, -0.2) is 4.79 Å². The van der Waals surface area contributed by atoms with Crippen LogP contribution in [0.3, 0.4) is 0 Å². The van der Waals surface area contributed by atoms with Crippen molar-refractivity contribution >= 4 is 29.3 Å². The van der Waals surface area contributed by atoms with E-state index in [1.54, 1.807) is 28.8 Å². The molecule has 4 aromatic carbocycles. The summed E-state index contributed by atoms with van der Waals surface area (Å²) < 4.78 is 38.5. The lowest BCUT2D eigenvalue weighted by Gasteiger charge is -2.59. The number of oxime groups is 1. The molecule has 6 atom stereocenters. The van der Waals surface area contributed by atoms with E-state index in [1.807, 2.05) is 49.4 Å². The van der Waals surface area contributed by atoms with Crippen molar-refractivity contribution in [1.29, 1.82) is 0 Å². The number of non-ortho nitro benzene ring substituents is 1. The Morgan fingerprint density at radius 3 is 2.46 bits per heavy atom. The first kappa shape index (κ1) is 48.4. The molecule has 2 aliphatic carbocycles. The van der Waals surface area contributed by atoms with E-state index in [0.717, 1.165) is 47.5 Å². The molecular weight excluding hydrogens is 891 g/mol. The van der Waals surface area contributed by atoms with Crippen LogP contribution in [0, 0.1) is 27.9 Å². The Bertz CT molecular complexity index is 2430. The van der Waals surface area contributed by atoms with Gasteiger partial charge in [0.05, 0.1) is 29.8 Å². The SMILES string of the molecule is C=CCO[C@@]12Oc3ccc(OCCSc4ccccc4)cc3[C@H]3[C@H](CCCCO)[C@@H](CCCCO)C=C(C(=NOCC)C[C@@H]1N(Cc1ccc4c(c1)OCO4)C(=O)Oc1ccc([N+](=O)[O-])cc1)[C@H]32. The van der Waals surface area contributed by atoms with Crippen molar-refractivity contribution in [2.45, 2.75) is 81.1 Å². The Labute approximate surface area is 400 Å². The number of hydrogen-bond acceptors (Lipinski definition) is 14. The summed E-state index contributed by atoms with van der Waals surface area (Å²) in [7, 11) is 0. The van der Waals surface area contributed by atoms with Gasteiger partial charge in [0.15, 0.2) is 11.5 Å². The lowest BCUT2D eigenvalue weighted by molar-refractivity contribution is -0.384. The summed E-state index contributed by atoms with van der Waals surface area (Å²) in [4.78, 5) is 34.8. The topological polar surface area (TPSA) is 181 Å². The van der Waals surface area contributed by atoms with E-state index >= 15 is 4.79 Å². The first-order chi connectivity index (χ1) is 33.3. The number of amides is 1. The highest BCUT2D eigenvalue weighted by molar-refractivity contribution is 7.99. The molecule has 0 bridgehead atoms. The first-order valence-electron chi connectivity index (χ1n) is 23.4. The van der Waals surface area contributed by atoms with Gasteiger partial charge in [0.1, 0.15) is 29.9 Å². The van der Waals surface area contributed by atoms with Gasteiger partial charge in [-0.2, -0.15) is 0 Å². The number of nitro groups is 1. The van der Waals surface area contributed by atoms with Gasteiger partial charge < -0.3 is 43.5 Å².